The number of carbonyl (C=O) groups is 1. The average Bonchev–Trinajstić information content (AvgIpc) is 2.53. The Morgan fingerprint density at radius 3 is 2.55 bits per heavy atom. The fourth-order valence-corrected chi connectivity index (χ4v) is 1.74. The summed E-state index contributed by atoms with van der Waals surface area (Å²) >= 11 is 0. The van der Waals surface area contributed by atoms with Crippen molar-refractivity contribution >= 4 is 5.91 Å². The van der Waals surface area contributed by atoms with Crippen molar-refractivity contribution in [3.8, 4) is 5.75 Å². The molecule has 0 saturated heterocycles. The summed E-state index contributed by atoms with van der Waals surface area (Å²) in [5, 5.41) is 9.05. The first kappa shape index (κ1) is 14.0. The summed E-state index contributed by atoms with van der Waals surface area (Å²) in [6.07, 6.45) is 0. The molecule has 0 radical (unpaired) electrons. The van der Waals surface area contributed by atoms with Gasteiger partial charge >= 0.3 is 0 Å². The SMILES string of the molecule is NNC(=O)c1ccc(COc2cccc(CO)c2)cc1. The number of aliphatic hydroxyl groups is 1. The second kappa shape index (κ2) is 6.70. The maximum absolute atomic E-state index is 11.3. The molecule has 0 saturated carbocycles. The smallest absolute Gasteiger partial charge is 0.265 e. The summed E-state index contributed by atoms with van der Waals surface area (Å²) < 4.78 is 5.62. The number of carbonyl (C=O) groups excluding carboxylic acids is 1. The van der Waals surface area contributed by atoms with Gasteiger partial charge in [-0.3, -0.25) is 10.2 Å². The van der Waals surface area contributed by atoms with Crippen LogP contribution in [0.25, 0.3) is 0 Å². The summed E-state index contributed by atoms with van der Waals surface area (Å²) in [5.41, 5.74) is 4.32. The molecule has 0 atom stereocenters. The Hall–Kier alpha value is -2.37. The number of benzene rings is 2. The van der Waals surface area contributed by atoms with E-state index in [9.17, 15) is 4.79 Å². The highest BCUT2D eigenvalue weighted by atomic mass is 16.5. The summed E-state index contributed by atoms with van der Waals surface area (Å²) in [6, 6.07) is 14.3. The van der Waals surface area contributed by atoms with E-state index in [0.717, 1.165) is 11.1 Å². The Bertz CT molecular complexity index is 582. The molecule has 0 bridgehead atoms. The Kier molecular flexibility index (Phi) is 4.70. The third-order valence-electron chi connectivity index (χ3n) is 2.83. The molecule has 104 valence electrons. The third-order valence-corrected chi connectivity index (χ3v) is 2.83. The van der Waals surface area contributed by atoms with Crippen molar-refractivity contribution in [2.24, 2.45) is 5.84 Å². The standard InChI is InChI=1S/C15H16N2O3/c16-17-15(19)13-6-4-11(5-7-13)10-20-14-3-1-2-12(8-14)9-18/h1-8,18H,9-10,16H2,(H,17,19). The first-order valence-electron chi connectivity index (χ1n) is 6.15. The maximum atomic E-state index is 11.3. The lowest BCUT2D eigenvalue weighted by atomic mass is 10.1. The molecular formula is C15H16N2O3. The molecule has 2 rings (SSSR count). The number of aliphatic hydroxyl groups excluding tert-OH is 1. The average molecular weight is 272 g/mol. The van der Waals surface area contributed by atoms with Crippen molar-refractivity contribution in [2.45, 2.75) is 13.2 Å². The number of hydrazine groups is 1. The number of nitrogens with two attached hydrogens (primary N) is 1. The second-order valence-electron chi connectivity index (χ2n) is 4.26. The van der Waals surface area contributed by atoms with E-state index in [4.69, 9.17) is 15.7 Å². The molecule has 20 heavy (non-hydrogen) atoms. The molecule has 0 fully saturated rings. The molecule has 0 aromatic heterocycles. The monoisotopic (exact) mass is 272 g/mol. The van der Waals surface area contributed by atoms with Crippen LogP contribution in [0.15, 0.2) is 48.5 Å². The van der Waals surface area contributed by atoms with Gasteiger partial charge in [0, 0.05) is 5.56 Å². The van der Waals surface area contributed by atoms with E-state index < -0.39 is 0 Å². The van der Waals surface area contributed by atoms with Crippen LogP contribution in [0.3, 0.4) is 0 Å². The van der Waals surface area contributed by atoms with Gasteiger partial charge in [0.05, 0.1) is 6.61 Å². The molecule has 5 nitrogen and oxygen atoms in total. The molecule has 0 unspecified atom stereocenters. The Labute approximate surface area is 117 Å². The fraction of sp³-hybridized carbons (Fsp3) is 0.133. The molecular weight excluding hydrogens is 256 g/mol. The molecule has 0 aliphatic rings. The minimum Gasteiger partial charge on any atom is -0.489 e. The van der Waals surface area contributed by atoms with Gasteiger partial charge in [-0.15, -0.1) is 0 Å². The number of ether oxygens (including phenoxy) is 1. The van der Waals surface area contributed by atoms with E-state index in [2.05, 4.69) is 5.43 Å². The minimum absolute atomic E-state index is 0.0138. The predicted molar refractivity (Wildman–Crippen MR) is 74.8 cm³/mol. The number of hydrogen-bond donors (Lipinski definition) is 3. The lowest BCUT2D eigenvalue weighted by Crippen LogP contribution is -2.29. The summed E-state index contributed by atoms with van der Waals surface area (Å²) in [5.74, 6) is 5.43. The van der Waals surface area contributed by atoms with E-state index in [-0.39, 0.29) is 12.5 Å². The number of rotatable bonds is 5. The Morgan fingerprint density at radius 1 is 1.15 bits per heavy atom. The van der Waals surface area contributed by atoms with E-state index in [1.54, 1.807) is 30.3 Å². The zero-order chi connectivity index (χ0) is 14.4. The van der Waals surface area contributed by atoms with Crippen LogP contribution in [0.4, 0.5) is 0 Å². The van der Waals surface area contributed by atoms with Gasteiger partial charge in [-0.1, -0.05) is 24.3 Å². The van der Waals surface area contributed by atoms with E-state index in [0.29, 0.717) is 17.9 Å². The lowest BCUT2D eigenvalue weighted by molar-refractivity contribution is 0.0953. The maximum Gasteiger partial charge on any atom is 0.265 e. The topological polar surface area (TPSA) is 84.6 Å². The molecule has 5 heteroatoms. The van der Waals surface area contributed by atoms with Gasteiger partial charge in [-0.25, -0.2) is 5.84 Å². The predicted octanol–water partition coefficient (Wildman–Crippen LogP) is 1.36. The molecule has 2 aromatic carbocycles. The van der Waals surface area contributed by atoms with Crippen LogP contribution in [0, 0.1) is 0 Å². The van der Waals surface area contributed by atoms with Crippen LogP contribution in [0.5, 0.6) is 5.75 Å². The normalized spacial score (nSPS) is 10.1. The number of nitrogen functional groups attached to an aromatic ring is 1. The summed E-state index contributed by atoms with van der Waals surface area (Å²) in [4.78, 5) is 11.3. The summed E-state index contributed by atoms with van der Waals surface area (Å²) in [6.45, 7) is 0.375. The van der Waals surface area contributed by atoms with Crippen LogP contribution in [0.1, 0.15) is 21.5 Å². The number of amides is 1. The van der Waals surface area contributed by atoms with Crippen molar-refractivity contribution < 1.29 is 14.6 Å². The van der Waals surface area contributed by atoms with Crippen LogP contribution < -0.4 is 16.0 Å². The lowest BCUT2D eigenvalue weighted by Gasteiger charge is -2.08. The largest absolute Gasteiger partial charge is 0.489 e. The first-order chi connectivity index (χ1) is 9.72. The van der Waals surface area contributed by atoms with Gasteiger partial charge in [0.15, 0.2) is 0 Å². The highest BCUT2D eigenvalue weighted by molar-refractivity contribution is 5.93. The van der Waals surface area contributed by atoms with Gasteiger partial charge in [0.1, 0.15) is 12.4 Å². The fourth-order valence-electron chi connectivity index (χ4n) is 1.74. The number of hydrogen-bond acceptors (Lipinski definition) is 4. The first-order valence-corrected chi connectivity index (χ1v) is 6.15. The molecule has 4 N–H and O–H groups in total. The second-order valence-corrected chi connectivity index (χ2v) is 4.26. The molecule has 0 aliphatic heterocycles. The van der Waals surface area contributed by atoms with Crippen LogP contribution >= 0.6 is 0 Å². The quantitative estimate of drug-likeness (QED) is 0.436. The highest BCUT2D eigenvalue weighted by Crippen LogP contribution is 2.15. The summed E-state index contributed by atoms with van der Waals surface area (Å²) in [7, 11) is 0. The van der Waals surface area contributed by atoms with E-state index in [1.165, 1.54) is 0 Å². The molecule has 0 aliphatic carbocycles. The van der Waals surface area contributed by atoms with E-state index >= 15 is 0 Å². The molecule has 0 spiro atoms. The Balaban J connectivity index is 1.98. The Morgan fingerprint density at radius 2 is 1.90 bits per heavy atom. The van der Waals surface area contributed by atoms with Gasteiger partial charge in [-0.2, -0.15) is 0 Å². The van der Waals surface area contributed by atoms with Crippen LogP contribution in [-0.4, -0.2) is 11.0 Å². The highest BCUT2D eigenvalue weighted by Gasteiger charge is 2.03. The third kappa shape index (κ3) is 3.57. The zero-order valence-electron chi connectivity index (χ0n) is 10.9. The van der Waals surface area contributed by atoms with Gasteiger partial charge in [0.25, 0.3) is 5.91 Å². The minimum atomic E-state index is -0.326. The molecule has 0 heterocycles. The van der Waals surface area contributed by atoms with Gasteiger partial charge < -0.3 is 9.84 Å². The van der Waals surface area contributed by atoms with Crippen molar-refractivity contribution in [3.63, 3.8) is 0 Å². The van der Waals surface area contributed by atoms with Crippen LogP contribution in [-0.2, 0) is 13.2 Å². The van der Waals surface area contributed by atoms with Crippen molar-refractivity contribution in [1.29, 1.82) is 0 Å². The van der Waals surface area contributed by atoms with Crippen molar-refractivity contribution in [2.75, 3.05) is 0 Å². The van der Waals surface area contributed by atoms with Crippen molar-refractivity contribution in [1.82, 2.24) is 5.43 Å². The number of nitrogens with one attached hydrogen (secondary N) is 1. The zero-order valence-corrected chi connectivity index (χ0v) is 10.9. The van der Waals surface area contributed by atoms with E-state index in [1.807, 2.05) is 18.2 Å². The molecule has 2 aromatic rings. The van der Waals surface area contributed by atoms with Crippen LogP contribution in [0.2, 0.25) is 0 Å². The van der Waals surface area contributed by atoms with Gasteiger partial charge in [0.2, 0.25) is 0 Å². The van der Waals surface area contributed by atoms with Gasteiger partial charge in [-0.05, 0) is 35.4 Å². The van der Waals surface area contributed by atoms with Crippen molar-refractivity contribution in [3.05, 3.63) is 65.2 Å². The molecule has 1 amide bonds.